The molecule has 3 rings (SSSR count). The van der Waals surface area contributed by atoms with Gasteiger partial charge >= 0.3 is 5.97 Å². The summed E-state index contributed by atoms with van der Waals surface area (Å²) in [6, 6.07) is 11.5. The van der Waals surface area contributed by atoms with Crippen molar-refractivity contribution < 1.29 is 19.1 Å². The Hall–Kier alpha value is -4.19. The van der Waals surface area contributed by atoms with E-state index in [0.717, 1.165) is 11.4 Å². The summed E-state index contributed by atoms with van der Waals surface area (Å²) >= 11 is 0. The third-order valence-electron chi connectivity index (χ3n) is 4.60. The number of carbonyl (C=O) groups excluding carboxylic acids is 3. The smallest absolute Gasteiger partial charge is 0.325 e. The normalized spacial score (nSPS) is 10.6. The lowest BCUT2D eigenvalue weighted by atomic mass is 10.2. The molecule has 0 aliphatic heterocycles. The van der Waals surface area contributed by atoms with Crippen LogP contribution >= 0.6 is 0 Å². The Balaban J connectivity index is 1.53. The number of methoxy groups -OCH3 is 1. The summed E-state index contributed by atoms with van der Waals surface area (Å²) in [5, 5.41) is 13.0. The summed E-state index contributed by atoms with van der Waals surface area (Å²) in [5.74, 6) is -1.49. The Morgan fingerprint density at radius 3 is 2.09 bits per heavy atom. The van der Waals surface area contributed by atoms with Crippen LogP contribution in [0.15, 0.2) is 55.0 Å². The molecule has 0 unspecified atom stereocenters. The first-order valence-corrected chi connectivity index (χ1v) is 10.5. The van der Waals surface area contributed by atoms with E-state index in [1.165, 1.54) is 11.8 Å². The first kappa shape index (κ1) is 24.5. The topological polar surface area (TPSA) is 144 Å². The number of hydrogen-bond acceptors (Lipinski definition) is 9. The summed E-state index contributed by atoms with van der Waals surface area (Å²) in [6.45, 7) is 1.03. The maximum absolute atomic E-state index is 12.1. The van der Waals surface area contributed by atoms with Gasteiger partial charge in [0, 0.05) is 32.0 Å². The van der Waals surface area contributed by atoms with Gasteiger partial charge < -0.3 is 15.4 Å². The van der Waals surface area contributed by atoms with Crippen LogP contribution in [0, 0.1) is 0 Å². The fraction of sp³-hybridized carbons (Fsp3) is 0.318. The Bertz CT molecular complexity index is 1030. The van der Waals surface area contributed by atoms with E-state index in [2.05, 4.69) is 40.6 Å². The minimum absolute atomic E-state index is 0.0994. The van der Waals surface area contributed by atoms with Crippen molar-refractivity contribution in [2.45, 2.75) is 26.2 Å². The van der Waals surface area contributed by atoms with Gasteiger partial charge in [-0.25, -0.2) is 4.68 Å². The quantitative estimate of drug-likeness (QED) is 0.343. The van der Waals surface area contributed by atoms with E-state index < -0.39 is 17.8 Å². The van der Waals surface area contributed by atoms with Crippen molar-refractivity contribution in [3.8, 4) is 0 Å². The number of ether oxygens (including phenoxy) is 1. The predicted molar refractivity (Wildman–Crippen MR) is 119 cm³/mol. The molecule has 0 saturated heterocycles. The monoisotopic (exact) mass is 466 g/mol. The Morgan fingerprint density at radius 1 is 0.882 bits per heavy atom. The van der Waals surface area contributed by atoms with Crippen LogP contribution < -0.4 is 10.6 Å². The number of rotatable bonds is 12. The fourth-order valence-electron chi connectivity index (χ4n) is 3.01. The van der Waals surface area contributed by atoms with Crippen molar-refractivity contribution in [1.29, 1.82) is 0 Å². The number of hydrogen-bond donors (Lipinski definition) is 2. The molecule has 34 heavy (non-hydrogen) atoms. The Kier molecular flexibility index (Phi) is 9.17. The van der Waals surface area contributed by atoms with Crippen LogP contribution in [0.5, 0.6) is 0 Å². The molecular formula is C22H26N8O4. The van der Waals surface area contributed by atoms with E-state index in [-0.39, 0.29) is 19.6 Å². The highest BCUT2D eigenvalue weighted by Gasteiger charge is 2.14. The summed E-state index contributed by atoms with van der Waals surface area (Å²) in [5.41, 5.74) is 2.50. The van der Waals surface area contributed by atoms with E-state index in [0.29, 0.717) is 25.3 Å². The molecule has 0 atom stereocenters. The molecule has 178 valence electrons. The highest BCUT2D eigenvalue weighted by molar-refractivity contribution is 5.86. The van der Waals surface area contributed by atoms with Gasteiger partial charge in [-0.05, 0) is 24.3 Å². The molecular weight excluding hydrogens is 440 g/mol. The molecule has 0 aromatic carbocycles. The molecule has 2 amide bonds. The van der Waals surface area contributed by atoms with Gasteiger partial charge in [-0.3, -0.25) is 29.3 Å². The van der Waals surface area contributed by atoms with Crippen molar-refractivity contribution in [1.82, 2.24) is 40.5 Å². The zero-order valence-corrected chi connectivity index (χ0v) is 18.8. The molecule has 3 aromatic rings. The van der Waals surface area contributed by atoms with Gasteiger partial charge in [-0.1, -0.05) is 17.3 Å². The van der Waals surface area contributed by atoms with Gasteiger partial charge in [0.2, 0.25) is 11.8 Å². The second-order valence-corrected chi connectivity index (χ2v) is 7.32. The van der Waals surface area contributed by atoms with Gasteiger partial charge in [-0.15, -0.1) is 5.10 Å². The second-order valence-electron chi connectivity index (χ2n) is 7.32. The first-order valence-electron chi connectivity index (χ1n) is 10.5. The van der Waals surface area contributed by atoms with E-state index in [4.69, 9.17) is 0 Å². The second kappa shape index (κ2) is 12.7. The molecule has 3 aromatic heterocycles. The van der Waals surface area contributed by atoms with Crippen LogP contribution in [0.2, 0.25) is 0 Å². The zero-order valence-electron chi connectivity index (χ0n) is 18.8. The number of aromatic nitrogens is 5. The molecule has 0 fully saturated rings. The summed E-state index contributed by atoms with van der Waals surface area (Å²) in [4.78, 5) is 45.7. The predicted octanol–water partition coefficient (Wildman–Crippen LogP) is -0.324. The fourth-order valence-corrected chi connectivity index (χ4v) is 3.01. The minimum atomic E-state index is -0.574. The van der Waals surface area contributed by atoms with Gasteiger partial charge in [0.25, 0.3) is 0 Å². The van der Waals surface area contributed by atoms with Gasteiger partial charge in [0.15, 0.2) is 0 Å². The summed E-state index contributed by atoms with van der Waals surface area (Å²) in [7, 11) is 1.22. The van der Waals surface area contributed by atoms with E-state index >= 15 is 0 Å². The lowest BCUT2D eigenvalue weighted by Gasteiger charge is -2.20. The van der Waals surface area contributed by atoms with Crippen molar-refractivity contribution in [2.24, 2.45) is 0 Å². The van der Waals surface area contributed by atoms with Crippen LogP contribution in [-0.4, -0.2) is 67.8 Å². The molecule has 3 heterocycles. The number of esters is 1. The average molecular weight is 467 g/mol. The summed E-state index contributed by atoms with van der Waals surface area (Å²) < 4.78 is 5.83. The van der Waals surface area contributed by atoms with Crippen molar-refractivity contribution in [3.05, 3.63) is 72.1 Å². The van der Waals surface area contributed by atoms with Crippen LogP contribution in [0.1, 0.15) is 17.1 Å². The van der Waals surface area contributed by atoms with Crippen molar-refractivity contribution in [3.63, 3.8) is 0 Å². The highest BCUT2D eigenvalue weighted by atomic mass is 16.5. The lowest BCUT2D eigenvalue weighted by molar-refractivity contribution is -0.141. The first-order chi connectivity index (χ1) is 16.5. The molecule has 12 nitrogen and oxygen atoms in total. The Labute approximate surface area is 196 Å². The molecule has 0 radical (unpaired) electrons. The van der Waals surface area contributed by atoms with E-state index in [1.54, 1.807) is 18.6 Å². The SMILES string of the molecule is COC(=O)CNC(=O)CNC(=O)Cn1cc(CN(Cc2ccccn2)Cc2ccccn2)nn1. The van der Waals surface area contributed by atoms with Gasteiger partial charge in [-0.2, -0.15) is 0 Å². The Morgan fingerprint density at radius 2 is 1.50 bits per heavy atom. The number of nitrogens with zero attached hydrogens (tertiary/aromatic N) is 6. The molecule has 0 spiro atoms. The number of carbonyl (C=O) groups is 3. The molecule has 0 aliphatic carbocycles. The highest BCUT2D eigenvalue weighted by Crippen LogP contribution is 2.10. The van der Waals surface area contributed by atoms with E-state index in [9.17, 15) is 14.4 Å². The number of nitrogens with one attached hydrogen (secondary N) is 2. The molecule has 2 N–H and O–H groups in total. The van der Waals surface area contributed by atoms with Crippen LogP contribution in [0.4, 0.5) is 0 Å². The van der Waals surface area contributed by atoms with Gasteiger partial charge in [0.1, 0.15) is 13.1 Å². The van der Waals surface area contributed by atoms with E-state index in [1.807, 2.05) is 36.4 Å². The van der Waals surface area contributed by atoms with Crippen LogP contribution in [0.25, 0.3) is 0 Å². The maximum Gasteiger partial charge on any atom is 0.325 e. The summed E-state index contributed by atoms with van der Waals surface area (Å²) in [6.07, 6.45) is 5.18. The van der Waals surface area contributed by atoms with Crippen molar-refractivity contribution >= 4 is 17.8 Å². The molecule has 0 saturated carbocycles. The zero-order chi connectivity index (χ0) is 24.2. The van der Waals surface area contributed by atoms with Crippen molar-refractivity contribution in [2.75, 3.05) is 20.2 Å². The van der Waals surface area contributed by atoms with Crippen LogP contribution in [-0.2, 0) is 45.3 Å². The number of pyridine rings is 2. The third kappa shape index (κ3) is 8.39. The average Bonchev–Trinajstić information content (AvgIpc) is 3.28. The molecule has 0 aliphatic rings. The standard InChI is InChI=1S/C22H26N8O4/c1-34-22(33)11-26-20(31)10-25-21(32)16-30-15-19(27-28-30)14-29(12-17-6-2-4-8-23-17)13-18-7-3-5-9-24-18/h2-9,15H,10-14,16H2,1H3,(H,25,32)(H,26,31). The minimum Gasteiger partial charge on any atom is -0.468 e. The molecule has 12 heteroatoms. The number of amides is 2. The lowest BCUT2D eigenvalue weighted by Crippen LogP contribution is -2.40. The largest absolute Gasteiger partial charge is 0.468 e. The van der Waals surface area contributed by atoms with Crippen LogP contribution in [0.3, 0.4) is 0 Å². The van der Waals surface area contributed by atoms with Gasteiger partial charge in [0.05, 0.1) is 36.9 Å². The third-order valence-corrected chi connectivity index (χ3v) is 4.60. The maximum atomic E-state index is 12.1. The molecule has 0 bridgehead atoms.